The van der Waals surface area contributed by atoms with Gasteiger partial charge in [0, 0.05) is 6.07 Å². The molecule has 0 aliphatic carbocycles. The molecule has 0 amide bonds. The van der Waals surface area contributed by atoms with E-state index in [9.17, 15) is 20.0 Å². The first-order valence-electron chi connectivity index (χ1n) is 6.23. The number of furan rings is 1. The van der Waals surface area contributed by atoms with Crippen LogP contribution < -0.4 is 5.32 Å². The normalized spacial score (nSPS) is 11.9. The van der Waals surface area contributed by atoms with Crippen molar-refractivity contribution < 1.29 is 19.2 Å². The van der Waals surface area contributed by atoms with Crippen LogP contribution in [0.15, 0.2) is 34.7 Å². The Bertz CT molecular complexity index is 660. The lowest BCUT2D eigenvalue weighted by molar-refractivity contribution is -0.384. The number of nitro groups is 1. The van der Waals surface area contributed by atoms with Gasteiger partial charge < -0.3 is 14.8 Å². The molecule has 7 nitrogen and oxygen atoms in total. The first kappa shape index (κ1) is 14.6. The number of nitrogens with zero attached hydrogens (tertiary/aromatic N) is 1. The van der Waals surface area contributed by atoms with Crippen LogP contribution in [0.3, 0.4) is 0 Å². The molecule has 0 radical (unpaired) electrons. The van der Waals surface area contributed by atoms with E-state index in [0.29, 0.717) is 11.5 Å². The third kappa shape index (κ3) is 3.02. The highest BCUT2D eigenvalue weighted by molar-refractivity contribution is 5.96. The molecule has 110 valence electrons. The van der Waals surface area contributed by atoms with Gasteiger partial charge in [-0.15, -0.1) is 0 Å². The second-order valence-electron chi connectivity index (χ2n) is 4.58. The maximum Gasteiger partial charge on any atom is 0.338 e. The van der Waals surface area contributed by atoms with E-state index < -0.39 is 16.9 Å². The predicted molar refractivity (Wildman–Crippen MR) is 75.5 cm³/mol. The van der Waals surface area contributed by atoms with Gasteiger partial charge in [-0.1, -0.05) is 6.07 Å². The van der Waals surface area contributed by atoms with Gasteiger partial charge in [-0.05, 0) is 32.0 Å². The van der Waals surface area contributed by atoms with Crippen LogP contribution >= 0.6 is 0 Å². The summed E-state index contributed by atoms with van der Waals surface area (Å²) >= 11 is 0. The molecule has 1 atom stereocenters. The zero-order valence-electron chi connectivity index (χ0n) is 11.5. The lowest BCUT2D eigenvalue weighted by Gasteiger charge is -2.15. The minimum atomic E-state index is -1.23. The largest absolute Gasteiger partial charge is 0.478 e. The Balaban J connectivity index is 2.42. The second-order valence-corrected chi connectivity index (χ2v) is 4.58. The summed E-state index contributed by atoms with van der Waals surface area (Å²) in [7, 11) is 0. The quantitative estimate of drug-likeness (QED) is 0.646. The average molecular weight is 290 g/mol. The highest BCUT2D eigenvalue weighted by atomic mass is 16.6. The van der Waals surface area contributed by atoms with Gasteiger partial charge in [-0.25, -0.2) is 4.79 Å². The van der Waals surface area contributed by atoms with Crippen LogP contribution in [0, 0.1) is 17.0 Å². The lowest BCUT2D eigenvalue weighted by atomic mass is 10.1. The first-order valence-corrected chi connectivity index (χ1v) is 6.23. The van der Waals surface area contributed by atoms with Crippen molar-refractivity contribution in [3.05, 3.63) is 57.5 Å². The molecule has 0 saturated carbocycles. The SMILES string of the molecule is Cc1ccc(C(C)Nc2c(C(=O)O)cccc2[N+](=O)[O-])o1. The van der Waals surface area contributed by atoms with E-state index in [4.69, 9.17) is 4.42 Å². The molecule has 0 saturated heterocycles. The molecule has 1 unspecified atom stereocenters. The van der Waals surface area contributed by atoms with Crippen LogP contribution in [-0.4, -0.2) is 16.0 Å². The number of benzene rings is 1. The third-order valence-electron chi connectivity index (χ3n) is 3.02. The summed E-state index contributed by atoms with van der Waals surface area (Å²) in [5, 5.41) is 23.1. The molecular weight excluding hydrogens is 276 g/mol. The van der Waals surface area contributed by atoms with Crippen molar-refractivity contribution in [2.45, 2.75) is 19.9 Å². The van der Waals surface area contributed by atoms with Crippen LogP contribution in [-0.2, 0) is 0 Å². The van der Waals surface area contributed by atoms with Gasteiger partial charge in [-0.3, -0.25) is 10.1 Å². The van der Waals surface area contributed by atoms with E-state index in [0.717, 1.165) is 0 Å². The van der Waals surface area contributed by atoms with Crippen LogP contribution in [0.1, 0.15) is 34.8 Å². The van der Waals surface area contributed by atoms with Crippen molar-refractivity contribution in [3.63, 3.8) is 0 Å². The van der Waals surface area contributed by atoms with Crippen LogP contribution in [0.25, 0.3) is 0 Å². The molecule has 1 heterocycles. The summed E-state index contributed by atoms with van der Waals surface area (Å²) in [5.74, 6) is 0.0469. The number of nitrogens with one attached hydrogen (secondary N) is 1. The predicted octanol–water partition coefficient (Wildman–Crippen LogP) is 3.37. The summed E-state index contributed by atoms with van der Waals surface area (Å²) in [5.41, 5.74) is -0.471. The number of carboxylic acids is 1. The van der Waals surface area contributed by atoms with Crippen molar-refractivity contribution in [2.24, 2.45) is 0 Å². The fourth-order valence-corrected chi connectivity index (χ4v) is 2.00. The molecule has 7 heteroatoms. The number of anilines is 1. The monoisotopic (exact) mass is 290 g/mol. The molecule has 21 heavy (non-hydrogen) atoms. The van der Waals surface area contributed by atoms with E-state index in [1.54, 1.807) is 26.0 Å². The topological polar surface area (TPSA) is 106 Å². The van der Waals surface area contributed by atoms with Crippen LogP contribution in [0.2, 0.25) is 0 Å². The van der Waals surface area contributed by atoms with E-state index in [2.05, 4.69) is 5.32 Å². The summed E-state index contributed by atoms with van der Waals surface area (Å²) in [6.45, 7) is 3.52. The molecule has 2 N–H and O–H groups in total. The second kappa shape index (κ2) is 5.66. The highest BCUT2D eigenvalue weighted by Crippen LogP contribution is 2.32. The molecular formula is C14H14N2O5. The van der Waals surface area contributed by atoms with Gasteiger partial charge >= 0.3 is 5.97 Å². The molecule has 0 aliphatic rings. The Hall–Kier alpha value is -2.83. The summed E-state index contributed by atoms with van der Waals surface area (Å²) in [6.07, 6.45) is 0. The van der Waals surface area contributed by atoms with Crippen LogP contribution in [0.4, 0.5) is 11.4 Å². The smallest absolute Gasteiger partial charge is 0.338 e. The van der Waals surface area contributed by atoms with E-state index in [1.165, 1.54) is 18.2 Å². The molecule has 2 aromatic rings. The Morgan fingerprint density at radius 2 is 2.10 bits per heavy atom. The van der Waals surface area contributed by atoms with E-state index in [-0.39, 0.29) is 16.9 Å². The Morgan fingerprint density at radius 1 is 1.38 bits per heavy atom. The average Bonchev–Trinajstić information content (AvgIpc) is 2.85. The number of aryl methyl sites for hydroxylation is 1. The maximum atomic E-state index is 11.2. The molecule has 2 rings (SSSR count). The zero-order valence-corrected chi connectivity index (χ0v) is 11.5. The number of carbonyl (C=O) groups is 1. The van der Waals surface area contributed by atoms with E-state index in [1.807, 2.05) is 0 Å². The van der Waals surface area contributed by atoms with Gasteiger partial charge in [0.05, 0.1) is 16.5 Å². The van der Waals surface area contributed by atoms with Crippen molar-refractivity contribution in [3.8, 4) is 0 Å². The number of hydrogen-bond acceptors (Lipinski definition) is 5. The summed E-state index contributed by atoms with van der Waals surface area (Å²) in [6, 6.07) is 7.02. The zero-order chi connectivity index (χ0) is 15.6. The van der Waals surface area contributed by atoms with Gasteiger partial charge in [0.2, 0.25) is 0 Å². The number of aromatic carboxylic acids is 1. The van der Waals surface area contributed by atoms with Gasteiger partial charge in [0.25, 0.3) is 5.69 Å². The fraction of sp³-hybridized carbons (Fsp3) is 0.214. The standard InChI is InChI=1S/C14H14N2O5/c1-8-6-7-12(21-8)9(2)15-13-10(14(17)18)4-3-5-11(13)16(19)20/h3-7,9,15H,1-2H3,(H,17,18). The van der Waals surface area contributed by atoms with Gasteiger partial charge in [0.15, 0.2) is 0 Å². The lowest BCUT2D eigenvalue weighted by Crippen LogP contribution is -2.12. The van der Waals surface area contributed by atoms with Crippen molar-refractivity contribution in [1.29, 1.82) is 0 Å². The molecule has 0 bridgehead atoms. The van der Waals surface area contributed by atoms with Gasteiger partial charge in [0.1, 0.15) is 17.2 Å². The van der Waals surface area contributed by atoms with Crippen LogP contribution in [0.5, 0.6) is 0 Å². The van der Waals surface area contributed by atoms with Gasteiger partial charge in [-0.2, -0.15) is 0 Å². The Labute approximate surface area is 120 Å². The Kier molecular flexibility index (Phi) is 3.93. The van der Waals surface area contributed by atoms with Crippen molar-refractivity contribution in [1.82, 2.24) is 0 Å². The number of nitro benzene ring substituents is 1. The maximum absolute atomic E-state index is 11.2. The first-order chi connectivity index (χ1) is 9.90. The minimum Gasteiger partial charge on any atom is -0.478 e. The number of rotatable bonds is 5. The molecule has 0 fully saturated rings. The number of para-hydroxylation sites is 1. The van der Waals surface area contributed by atoms with Crippen molar-refractivity contribution in [2.75, 3.05) is 5.32 Å². The minimum absolute atomic E-state index is 0.0310. The Morgan fingerprint density at radius 3 is 2.62 bits per heavy atom. The highest BCUT2D eigenvalue weighted by Gasteiger charge is 2.23. The molecule has 1 aromatic heterocycles. The molecule has 0 spiro atoms. The number of carboxylic acid groups (broad SMARTS) is 1. The molecule has 1 aromatic carbocycles. The summed E-state index contributed by atoms with van der Waals surface area (Å²) < 4.78 is 5.44. The number of hydrogen-bond donors (Lipinski definition) is 2. The summed E-state index contributed by atoms with van der Waals surface area (Å²) in [4.78, 5) is 21.7. The van der Waals surface area contributed by atoms with E-state index >= 15 is 0 Å². The molecule has 0 aliphatic heterocycles. The van der Waals surface area contributed by atoms with Crippen molar-refractivity contribution >= 4 is 17.3 Å². The fourth-order valence-electron chi connectivity index (χ4n) is 2.00. The third-order valence-corrected chi connectivity index (χ3v) is 3.02.